The van der Waals surface area contributed by atoms with Crippen molar-refractivity contribution in [2.45, 2.75) is 19.0 Å². The van der Waals surface area contributed by atoms with E-state index in [2.05, 4.69) is 32.7 Å². The number of para-hydroxylation sites is 1. The average Bonchev–Trinajstić information content (AvgIpc) is 2.88. The number of ether oxygens (including phenoxy) is 1. The van der Waals surface area contributed by atoms with Gasteiger partial charge in [-0.25, -0.2) is 14.8 Å². The molecule has 0 aliphatic heterocycles. The number of carbonyl (C=O) groups excluding carboxylic acids is 1. The molecule has 166 valence electrons. The molecule has 0 spiro atoms. The molecular weight excluding hydrogens is 412 g/mol. The Morgan fingerprint density at radius 3 is 2.27 bits per heavy atom. The van der Waals surface area contributed by atoms with Crippen LogP contribution in [0.4, 0.5) is 11.5 Å². The first-order valence-corrected chi connectivity index (χ1v) is 10.8. The zero-order chi connectivity index (χ0) is 22.9. The zero-order valence-electron chi connectivity index (χ0n) is 18.4. The van der Waals surface area contributed by atoms with Gasteiger partial charge in [0.2, 0.25) is 0 Å². The van der Waals surface area contributed by atoms with E-state index < -0.39 is 6.04 Å². The van der Waals surface area contributed by atoms with E-state index in [4.69, 9.17) is 4.74 Å². The van der Waals surface area contributed by atoms with E-state index in [9.17, 15) is 4.79 Å². The van der Waals surface area contributed by atoms with Crippen molar-refractivity contribution in [2.75, 3.05) is 17.7 Å². The molecule has 1 aromatic heterocycles. The summed E-state index contributed by atoms with van der Waals surface area (Å²) >= 11 is 0. The van der Waals surface area contributed by atoms with Gasteiger partial charge in [-0.2, -0.15) is 0 Å². The zero-order valence-corrected chi connectivity index (χ0v) is 18.4. The van der Waals surface area contributed by atoms with E-state index in [0.29, 0.717) is 12.2 Å². The molecule has 0 aliphatic rings. The fraction of sp³-hybridized carbons (Fsp3) is 0.148. The Morgan fingerprint density at radius 1 is 0.879 bits per heavy atom. The van der Waals surface area contributed by atoms with Crippen LogP contribution in [-0.4, -0.2) is 29.1 Å². The van der Waals surface area contributed by atoms with Crippen LogP contribution in [0.15, 0.2) is 97.3 Å². The highest BCUT2D eigenvalue weighted by molar-refractivity contribution is 5.79. The summed E-state index contributed by atoms with van der Waals surface area (Å²) in [7, 11) is 1.39. The number of benzene rings is 3. The van der Waals surface area contributed by atoms with Crippen LogP contribution in [0, 0.1) is 0 Å². The van der Waals surface area contributed by atoms with E-state index in [-0.39, 0.29) is 5.97 Å². The minimum Gasteiger partial charge on any atom is -0.467 e. The summed E-state index contributed by atoms with van der Waals surface area (Å²) in [5, 5.41) is 6.61. The molecule has 33 heavy (non-hydrogen) atoms. The van der Waals surface area contributed by atoms with Crippen LogP contribution >= 0.6 is 0 Å². The van der Waals surface area contributed by atoms with Crippen molar-refractivity contribution in [3.8, 4) is 11.3 Å². The predicted molar refractivity (Wildman–Crippen MR) is 131 cm³/mol. The lowest BCUT2D eigenvalue weighted by atomic mass is 10.1. The van der Waals surface area contributed by atoms with Crippen molar-refractivity contribution in [3.05, 3.63) is 108 Å². The van der Waals surface area contributed by atoms with Crippen molar-refractivity contribution in [1.82, 2.24) is 9.97 Å². The van der Waals surface area contributed by atoms with Crippen LogP contribution in [0.1, 0.15) is 11.1 Å². The normalized spacial score (nSPS) is 11.4. The Labute approximate surface area is 193 Å². The molecule has 0 saturated heterocycles. The maximum atomic E-state index is 12.3. The molecule has 0 radical (unpaired) electrons. The minimum absolute atomic E-state index is 0.339. The number of esters is 1. The third-order valence-electron chi connectivity index (χ3n) is 5.28. The number of nitrogens with zero attached hydrogens (tertiary/aromatic N) is 2. The van der Waals surface area contributed by atoms with E-state index in [1.54, 1.807) is 0 Å². The molecule has 0 bridgehead atoms. The van der Waals surface area contributed by atoms with Crippen LogP contribution in [0.2, 0.25) is 0 Å². The summed E-state index contributed by atoms with van der Waals surface area (Å²) < 4.78 is 4.99. The van der Waals surface area contributed by atoms with Gasteiger partial charge >= 0.3 is 5.97 Å². The highest BCUT2D eigenvalue weighted by atomic mass is 16.5. The molecule has 1 atom stereocenters. The van der Waals surface area contributed by atoms with E-state index in [1.165, 1.54) is 19.0 Å². The molecule has 0 saturated carbocycles. The smallest absolute Gasteiger partial charge is 0.328 e. The van der Waals surface area contributed by atoms with Gasteiger partial charge in [-0.1, -0.05) is 72.8 Å². The molecule has 0 fully saturated rings. The van der Waals surface area contributed by atoms with Gasteiger partial charge in [-0.05, 0) is 23.3 Å². The molecule has 6 nitrogen and oxygen atoms in total. The standard InChI is InChI=1S/C27H26N4O2/c1-33-27(32)25(16-20-8-4-2-5-9-20)31-26-17-24(29-19-30-26)22-14-12-21(13-15-22)18-28-23-10-6-3-7-11-23/h2-15,17,19,25,28H,16,18H2,1H3,(H,29,30,31). The number of hydrogen-bond acceptors (Lipinski definition) is 6. The monoisotopic (exact) mass is 438 g/mol. The maximum absolute atomic E-state index is 12.3. The highest BCUT2D eigenvalue weighted by Gasteiger charge is 2.20. The molecule has 3 aromatic carbocycles. The van der Waals surface area contributed by atoms with Gasteiger partial charge < -0.3 is 15.4 Å². The van der Waals surface area contributed by atoms with Crippen LogP contribution in [0.25, 0.3) is 11.3 Å². The van der Waals surface area contributed by atoms with Crippen LogP contribution in [0.5, 0.6) is 0 Å². The van der Waals surface area contributed by atoms with Crippen molar-refractivity contribution >= 4 is 17.5 Å². The van der Waals surface area contributed by atoms with Gasteiger partial charge in [0.25, 0.3) is 0 Å². The first-order valence-electron chi connectivity index (χ1n) is 10.8. The van der Waals surface area contributed by atoms with E-state index in [0.717, 1.165) is 29.1 Å². The lowest BCUT2D eigenvalue weighted by Crippen LogP contribution is -2.33. The lowest BCUT2D eigenvalue weighted by Gasteiger charge is -2.17. The van der Waals surface area contributed by atoms with Crippen molar-refractivity contribution in [1.29, 1.82) is 0 Å². The third kappa shape index (κ3) is 6.17. The lowest BCUT2D eigenvalue weighted by molar-refractivity contribution is -0.141. The number of aromatic nitrogens is 2. The fourth-order valence-electron chi connectivity index (χ4n) is 3.51. The number of carbonyl (C=O) groups is 1. The number of nitrogens with one attached hydrogen (secondary N) is 2. The summed E-state index contributed by atoms with van der Waals surface area (Å²) in [6.07, 6.45) is 2.00. The summed E-state index contributed by atoms with van der Waals surface area (Å²) in [5.41, 5.74) is 5.04. The molecule has 4 aromatic rings. The maximum Gasteiger partial charge on any atom is 0.328 e. The predicted octanol–water partition coefficient (Wildman–Crippen LogP) is 4.95. The first-order chi connectivity index (χ1) is 16.2. The Morgan fingerprint density at radius 2 is 1.58 bits per heavy atom. The van der Waals surface area contributed by atoms with Crippen LogP contribution in [-0.2, 0) is 22.5 Å². The molecule has 0 amide bonds. The molecule has 1 heterocycles. The SMILES string of the molecule is COC(=O)C(Cc1ccccc1)Nc1cc(-c2ccc(CNc3ccccc3)cc2)ncn1. The summed E-state index contributed by atoms with van der Waals surface area (Å²) in [6, 6.07) is 29.4. The Balaban J connectivity index is 1.44. The summed E-state index contributed by atoms with van der Waals surface area (Å²) in [5.74, 6) is 0.232. The molecule has 0 aliphatic carbocycles. The van der Waals surface area contributed by atoms with Crippen molar-refractivity contribution in [2.24, 2.45) is 0 Å². The number of hydrogen-bond donors (Lipinski definition) is 2. The number of anilines is 2. The van der Waals surface area contributed by atoms with Gasteiger partial charge in [0.1, 0.15) is 18.2 Å². The van der Waals surface area contributed by atoms with Crippen molar-refractivity contribution in [3.63, 3.8) is 0 Å². The third-order valence-corrected chi connectivity index (χ3v) is 5.28. The molecule has 6 heteroatoms. The van der Waals surface area contributed by atoms with Gasteiger partial charge in [0, 0.05) is 30.3 Å². The second-order valence-corrected chi connectivity index (χ2v) is 7.61. The second-order valence-electron chi connectivity index (χ2n) is 7.61. The van der Waals surface area contributed by atoms with Crippen molar-refractivity contribution < 1.29 is 9.53 Å². The second kappa shape index (κ2) is 10.9. The van der Waals surface area contributed by atoms with E-state index in [1.807, 2.05) is 78.9 Å². The van der Waals surface area contributed by atoms with Gasteiger partial charge in [0.15, 0.2) is 0 Å². The highest BCUT2D eigenvalue weighted by Crippen LogP contribution is 2.21. The Hall–Kier alpha value is -4.19. The summed E-state index contributed by atoms with van der Waals surface area (Å²) in [6.45, 7) is 0.737. The quantitative estimate of drug-likeness (QED) is 0.360. The van der Waals surface area contributed by atoms with Gasteiger partial charge in [0.05, 0.1) is 12.8 Å². The largest absolute Gasteiger partial charge is 0.467 e. The fourth-order valence-corrected chi connectivity index (χ4v) is 3.51. The number of methoxy groups -OCH3 is 1. The first kappa shape index (κ1) is 22.0. The molecule has 2 N–H and O–H groups in total. The van der Waals surface area contributed by atoms with Gasteiger partial charge in [-0.15, -0.1) is 0 Å². The van der Waals surface area contributed by atoms with Gasteiger partial charge in [-0.3, -0.25) is 0 Å². The molecule has 4 rings (SSSR count). The minimum atomic E-state index is -0.549. The Bertz CT molecular complexity index is 1170. The topological polar surface area (TPSA) is 76.1 Å². The van der Waals surface area contributed by atoms with E-state index >= 15 is 0 Å². The summed E-state index contributed by atoms with van der Waals surface area (Å²) in [4.78, 5) is 21.1. The number of rotatable bonds is 9. The van der Waals surface area contributed by atoms with Crippen LogP contribution in [0.3, 0.4) is 0 Å². The Kier molecular flexibility index (Phi) is 7.28. The molecular formula is C27H26N4O2. The van der Waals surface area contributed by atoms with Crippen LogP contribution < -0.4 is 10.6 Å². The molecule has 1 unspecified atom stereocenters. The average molecular weight is 439 g/mol.